The van der Waals surface area contributed by atoms with E-state index in [9.17, 15) is 43.2 Å². The molecule has 31 nitrogen and oxygen atoms in total. The lowest BCUT2D eigenvalue weighted by Gasteiger charge is -2.33. The fourth-order valence-corrected chi connectivity index (χ4v) is 11.1. The molecular weight excluding hydrogens is 1260 g/mol. The Balaban J connectivity index is 1.21. The number of methoxy groups -OCH3 is 1. The minimum Gasteiger partial charge on any atom is -0.487 e. The summed E-state index contributed by atoms with van der Waals surface area (Å²) in [6, 6.07) is 3.18. The van der Waals surface area contributed by atoms with E-state index in [4.69, 9.17) is 18.9 Å². The molecule has 4 aliphatic heterocycles. The van der Waals surface area contributed by atoms with Gasteiger partial charge in [0.15, 0.2) is 0 Å². The van der Waals surface area contributed by atoms with Crippen LogP contribution in [0.25, 0.3) is 0 Å². The number of fused-ring (bicyclic) bond motifs is 14. The van der Waals surface area contributed by atoms with Crippen molar-refractivity contribution in [2.24, 2.45) is 11.8 Å². The molecule has 0 unspecified atom stereocenters. The number of likely N-dealkylation sites (tertiary alicyclic amines) is 2. The Bertz CT molecular complexity index is 3490. The van der Waals surface area contributed by atoms with Crippen LogP contribution in [0.5, 0.6) is 5.75 Å². The van der Waals surface area contributed by atoms with E-state index in [1.54, 1.807) is 130 Å². The average Bonchev–Trinajstić information content (AvgIpc) is 1.67. The van der Waals surface area contributed by atoms with E-state index in [1.165, 1.54) is 67.3 Å². The van der Waals surface area contributed by atoms with Crippen LogP contribution in [-0.4, -0.2) is 215 Å². The van der Waals surface area contributed by atoms with E-state index in [1.807, 2.05) is 0 Å². The molecule has 0 saturated carbocycles. The van der Waals surface area contributed by atoms with Gasteiger partial charge >= 0.3 is 18.2 Å². The molecule has 6 N–H and O–H groups in total. The van der Waals surface area contributed by atoms with Gasteiger partial charge < -0.3 is 60.6 Å². The first-order valence-electron chi connectivity index (χ1n) is 32.5. The number of amides is 10. The van der Waals surface area contributed by atoms with Crippen molar-refractivity contribution >= 4 is 65.4 Å². The molecule has 10 bridgehead atoms. The summed E-state index contributed by atoms with van der Waals surface area (Å²) in [5, 5.41) is 34.1. The van der Waals surface area contributed by atoms with Gasteiger partial charge in [0.2, 0.25) is 47.3 Å². The van der Waals surface area contributed by atoms with Crippen molar-refractivity contribution < 1.29 is 71.7 Å². The summed E-state index contributed by atoms with van der Waals surface area (Å²) < 4.78 is 25.2. The molecule has 97 heavy (non-hydrogen) atoms. The van der Waals surface area contributed by atoms with E-state index >= 15 is 9.59 Å². The smallest absolute Gasteiger partial charge is 0.410 e. The summed E-state index contributed by atoms with van der Waals surface area (Å²) >= 11 is 0. The number of benzene rings is 2. The van der Waals surface area contributed by atoms with Crippen LogP contribution in [0.1, 0.15) is 137 Å². The van der Waals surface area contributed by atoms with Crippen LogP contribution in [0, 0.1) is 11.8 Å². The third-order valence-electron chi connectivity index (χ3n) is 17.0. The number of ether oxygens (including phenoxy) is 4. The highest BCUT2D eigenvalue weighted by molar-refractivity contribution is 5.98. The van der Waals surface area contributed by atoms with Crippen molar-refractivity contribution in [1.82, 2.24) is 81.5 Å². The second kappa shape index (κ2) is 31.9. The number of nitrogens with zero attached hydrogens (tertiary/aromatic N) is 10. The van der Waals surface area contributed by atoms with Crippen molar-refractivity contribution in [3.63, 3.8) is 0 Å². The number of hydrogen-bond donors (Lipinski definition) is 6. The van der Waals surface area contributed by atoms with Gasteiger partial charge in [0.05, 0.1) is 38.1 Å². The number of carbonyl (C=O) groups is 11. The maximum atomic E-state index is 15.1. The molecule has 2 saturated heterocycles. The largest absolute Gasteiger partial charge is 0.487 e. The fourth-order valence-electron chi connectivity index (χ4n) is 11.1. The Morgan fingerprint density at radius 3 is 1.59 bits per heavy atom. The maximum absolute atomic E-state index is 15.1. The van der Waals surface area contributed by atoms with Gasteiger partial charge in [-0.25, -0.2) is 23.7 Å². The van der Waals surface area contributed by atoms with Crippen molar-refractivity contribution in [3.05, 3.63) is 89.5 Å². The molecule has 0 aliphatic carbocycles. The van der Waals surface area contributed by atoms with Crippen LogP contribution in [-0.2, 0) is 83.4 Å². The van der Waals surface area contributed by atoms with Crippen LogP contribution < -0.4 is 36.6 Å². The van der Waals surface area contributed by atoms with Crippen molar-refractivity contribution in [3.8, 4) is 5.75 Å². The topological polar surface area (TPSA) is 371 Å². The molecule has 2 aromatic carbocycles. The van der Waals surface area contributed by atoms with E-state index in [2.05, 4.69) is 52.5 Å². The summed E-state index contributed by atoms with van der Waals surface area (Å²) in [6.45, 7) is 20.9. The highest BCUT2D eigenvalue weighted by atomic mass is 16.6. The molecule has 31 heteroatoms. The Morgan fingerprint density at radius 2 is 1.11 bits per heavy atom. The molecule has 4 aliphatic rings. The van der Waals surface area contributed by atoms with Gasteiger partial charge in [-0.3, -0.25) is 48.2 Å². The molecule has 4 aromatic rings. The Kier molecular flexibility index (Phi) is 24.6. The van der Waals surface area contributed by atoms with Crippen LogP contribution in [0.15, 0.2) is 67.0 Å². The Morgan fingerprint density at radius 1 is 0.639 bits per heavy atom. The first-order chi connectivity index (χ1) is 45.5. The number of esters is 1. The average molecular weight is 1350 g/mol. The van der Waals surface area contributed by atoms with Gasteiger partial charge in [-0.2, -0.15) is 0 Å². The minimum atomic E-state index is -1.33. The van der Waals surface area contributed by atoms with Crippen LogP contribution in [0.3, 0.4) is 0 Å². The minimum absolute atomic E-state index is 0.00348. The molecule has 0 radical (unpaired) electrons. The lowest BCUT2D eigenvalue weighted by atomic mass is 10.0. The van der Waals surface area contributed by atoms with Crippen LogP contribution >= 0.6 is 0 Å². The van der Waals surface area contributed by atoms with Crippen molar-refractivity contribution in [2.75, 3.05) is 34.3 Å². The van der Waals surface area contributed by atoms with E-state index in [0.717, 1.165) is 9.80 Å². The van der Waals surface area contributed by atoms with Crippen LogP contribution in [0.2, 0.25) is 0 Å². The zero-order valence-electron chi connectivity index (χ0n) is 58.1. The number of nitrogens with one attached hydrogen (secondary N) is 6. The van der Waals surface area contributed by atoms with Gasteiger partial charge in [0, 0.05) is 52.9 Å². The first kappa shape index (κ1) is 74.7. The zero-order valence-corrected chi connectivity index (χ0v) is 58.1. The Hall–Kier alpha value is -9.71. The molecule has 528 valence electrons. The lowest BCUT2D eigenvalue weighted by Crippen LogP contribution is -2.59. The maximum Gasteiger partial charge on any atom is 0.410 e. The van der Waals surface area contributed by atoms with Crippen molar-refractivity contribution in [2.45, 2.75) is 207 Å². The molecule has 2 fully saturated rings. The van der Waals surface area contributed by atoms with Gasteiger partial charge in [-0.1, -0.05) is 80.6 Å². The third-order valence-corrected chi connectivity index (χ3v) is 17.0. The van der Waals surface area contributed by atoms with Gasteiger partial charge in [-0.05, 0) is 97.4 Å². The second-order valence-electron chi connectivity index (χ2n) is 27.6. The lowest BCUT2D eigenvalue weighted by molar-refractivity contribution is -0.146. The zero-order chi connectivity index (χ0) is 71.5. The number of rotatable bonds is 13. The van der Waals surface area contributed by atoms with Crippen LogP contribution in [0.4, 0.5) is 9.59 Å². The summed E-state index contributed by atoms with van der Waals surface area (Å²) in [7, 11) is 3.98. The summed E-state index contributed by atoms with van der Waals surface area (Å²) in [6.07, 6.45) is 1.41. The quantitative estimate of drug-likeness (QED) is 0.0826. The van der Waals surface area contributed by atoms with Gasteiger partial charge in [0.1, 0.15) is 89.3 Å². The third kappa shape index (κ3) is 19.7. The molecule has 10 amide bonds. The predicted molar refractivity (Wildman–Crippen MR) is 349 cm³/mol. The standard InChI is InChI=1S/C66H94N16O15/c1-36(2)52(71-55(84)39(6)77(14)63(92)96-65(8,9)10)60(89)79-34-46-28-50(79)58(87)68-38(5)54(83)67-30-43-31-81(75-73-43)45-29-51(80(33-45)61(90)53(37(3)4)72-56(85)40(7)78(15)64(93)97-66(11,12)13)59(88)69-48(26-41-20-18-17-19-21-41)57(86)70-49(62(91)94-16)27-42-22-24-47(25-23-42)95-35-44-32-82(46)76-74-44/h17-25,31-32,36-40,45-46,48-53H,26-30,33-35H2,1-16H3,(H,67,83)(H,68,87)(H,69,88)(H,70,86)(H,71,84)(H,72,85)/t38-,39-,40-,45-,46-,48-,49-,50-,51-,52-,53-/m0/s1. The van der Waals surface area contributed by atoms with E-state index in [-0.39, 0.29) is 57.6 Å². The molecule has 2 aromatic heterocycles. The highest BCUT2D eigenvalue weighted by Gasteiger charge is 2.47. The first-order valence-corrected chi connectivity index (χ1v) is 32.5. The SMILES string of the molecule is COC(=O)[C@@H]1Cc2ccc(cc2)OCc2cn(nn2)[C@H]2C[C@@H](C(=O)N[C@@H](C)C(=O)NCc3cn(nn3)[C@H]3C[C@@H](C(=O)N[C@@H](Cc4ccccc4)C(=O)N1)N(C(=O)[C@@H](NC(=O)[C@H](C)N(C)C(=O)OC(C)(C)C)C(C)C)C3)N(C(=O)[C@@H](NC(=O)[C@H](C)N(C)C(=O)OC(C)(C)C)C(C)C)C2. The van der Waals surface area contributed by atoms with E-state index < -0.39 is 155 Å². The molecule has 0 spiro atoms. The monoisotopic (exact) mass is 1350 g/mol. The number of aromatic nitrogens is 6. The Labute approximate surface area is 564 Å². The van der Waals surface area contributed by atoms with Crippen molar-refractivity contribution in [1.29, 1.82) is 0 Å². The molecular formula is C66H94N16O15. The summed E-state index contributed by atoms with van der Waals surface area (Å²) in [5.74, 6) is -6.94. The normalized spacial score (nSPS) is 21.8. The number of hydrogen-bond acceptors (Lipinski definition) is 19. The predicted octanol–water partition coefficient (Wildman–Crippen LogP) is 2.29. The fraction of sp³-hybridized carbons (Fsp3) is 0.591. The van der Waals surface area contributed by atoms with Gasteiger partial charge in [0.25, 0.3) is 0 Å². The number of likely N-dealkylation sites (N-methyl/N-ethyl adjacent to an activating group) is 2. The summed E-state index contributed by atoms with van der Waals surface area (Å²) in [4.78, 5) is 161. The molecule has 6 heterocycles. The van der Waals surface area contributed by atoms with Gasteiger partial charge in [-0.15, -0.1) is 10.2 Å². The molecule has 8 rings (SSSR count). The van der Waals surface area contributed by atoms with E-state index in [0.29, 0.717) is 22.6 Å². The summed E-state index contributed by atoms with van der Waals surface area (Å²) in [5.41, 5.74) is 0.130. The molecule has 11 atom stereocenters. The second-order valence-corrected chi connectivity index (χ2v) is 27.6. The number of carbonyl (C=O) groups excluding carboxylic acids is 11. The highest BCUT2D eigenvalue weighted by Crippen LogP contribution is 2.32.